The summed E-state index contributed by atoms with van der Waals surface area (Å²) in [6.07, 6.45) is 1.40. The molecule has 0 aliphatic carbocycles. The van der Waals surface area contributed by atoms with E-state index in [0.29, 0.717) is 0 Å². The average molecular weight is 305 g/mol. The van der Waals surface area contributed by atoms with Gasteiger partial charge in [0.15, 0.2) is 6.61 Å². The number of benzene rings is 1. The van der Waals surface area contributed by atoms with Gasteiger partial charge >= 0.3 is 5.97 Å². The summed E-state index contributed by atoms with van der Waals surface area (Å²) < 4.78 is 4.97. The van der Waals surface area contributed by atoms with Crippen LogP contribution in [0.4, 0.5) is 5.69 Å². The van der Waals surface area contributed by atoms with Crippen LogP contribution in [-0.2, 0) is 9.53 Å². The van der Waals surface area contributed by atoms with Crippen molar-refractivity contribution in [3.8, 4) is 0 Å². The smallest absolute Gasteiger partial charge is 0.338 e. The Kier molecular flexibility index (Phi) is 4.90. The minimum atomic E-state index is -0.617. The Balaban J connectivity index is 1.93. The normalized spacial score (nSPS) is 10.0. The molecule has 0 N–H and O–H groups in total. The van der Waals surface area contributed by atoms with Crippen molar-refractivity contribution in [1.29, 1.82) is 0 Å². The number of hydrogen-bond acceptors (Lipinski definition) is 4. The van der Waals surface area contributed by atoms with E-state index in [4.69, 9.17) is 16.3 Å². The molecule has 0 saturated heterocycles. The summed E-state index contributed by atoms with van der Waals surface area (Å²) in [5.41, 5.74) is 0.982. The Morgan fingerprint density at radius 1 is 1.24 bits per heavy atom. The number of aromatic nitrogens is 1. The topological polar surface area (TPSA) is 59.5 Å². The van der Waals surface area contributed by atoms with Crippen molar-refractivity contribution in [3.63, 3.8) is 0 Å². The third kappa shape index (κ3) is 4.03. The van der Waals surface area contributed by atoms with Crippen LogP contribution in [-0.4, -0.2) is 30.5 Å². The molecule has 0 atom stereocenters. The van der Waals surface area contributed by atoms with Gasteiger partial charge in [-0.1, -0.05) is 29.8 Å². The molecule has 1 amide bonds. The van der Waals surface area contributed by atoms with Gasteiger partial charge in [-0.2, -0.15) is 0 Å². The molecule has 1 heterocycles. The molecule has 0 saturated carbocycles. The Morgan fingerprint density at radius 3 is 2.62 bits per heavy atom. The van der Waals surface area contributed by atoms with Crippen LogP contribution >= 0.6 is 11.6 Å². The molecule has 0 radical (unpaired) electrons. The molecule has 6 heteroatoms. The maximum Gasteiger partial charge on any atom is 0.338 e. The number of halogens is 1. The van der Waals surface area contributed by atoms with Crippen molar-refractivity contribution in [1.82, 2.24) is 4.98 Å². The number of anilines is 1. The highest BCUT2D eigenvalue weighted by Crippen LogP contribution is 2.12. The van der Waals surface area contributed by atoms with E-state index in [0.717, 1.165) is 5.69 Å². The number of esters is 1. The fourth-order valence-electron chi connectivity index (χ4n) is 1.63. The number of hydrogen-bond donors (Lipinski definition) is 0. The zero-order valence-electron chi connectivity index (χ0n) is 11.3. The quantitative estimate of drug-likeness (QED) is 0.643. The van der Waals surface area contributed by atoms with E-state index in [9.17, 15) is 9.59 Å². The lowest BCUT2D eigenvalue weighted by Gasteiger charge is -2.17. The minimum Gasteiger partial charge on any atom is -0.452 e. The molecule has 0 spiro atoms. The Labute approximate surface area is 127 Å². The first-order chi connectivity index (χ1) is 10.1. The first kappa shape index (κ1) is 15.0. The summed E-state index contributed by atoms with van der Waals surface area (Å²) in [5.74, 6) is -0.941. The van der Waals surface area contributed by atoms with Crippen LogP contribution in [0.25, 0.3) is 0 Å². The van der Waals surface area contributed by atoms with Crippen LogP contribution in [0.15, 0.2) is 48.7 Å². The monoisotopic (exact) mass is 304 g/mol. The van der Waals surface area contributed by atoms with Crippen LogP contribution in [0, 0.1) is 0 Å². The second-order valence-electron chi connectivity index (χ2n) is 4.23. The molecule has 0 fully saturated rings. The van der Waals surface area contributed by atoms with Gasteiger partial charge in [-0.3, -0.25) is 4.79 Å². The van der Waals surface area contributed by atoms with E-state index < -0.39 is 5.97 Å². The third-order valence-corrected chi connectivity index (χ3v) is 3.01. The second kappa shape index (κ2) is 6.85. The van der Waals surface area contributed by atoms with Gasteiger partial charge in [-0.15, -0.1) is 0 Å². The number of amides is 1. The first-order valence-corrected chi connectivity index (χ1v) is 6.56. The van der Waals surface area contributed by atoms with E-state index in [2.05, 4.69) is 4.98 Å². The lowest BCUT2D eigenvalue weighted by atomic mass is 10.3. The molecule has 0 unspecified atom stereocenters. The maximum absolute atomic E-state index is 12.0. The van der Waals surface area contributed by atoms with E-state index >= 15 is 0 Å². The standard InChI is InChI=1S/C15H13ClN2O3/c1-18(12-5-3-2-4-6-12)14(19)10-21-15(20)11-7-8-17-13(16)9-11/h2-9H,10H2,1H3. The van der Waals surface area contributed by atoms with Crippen LogP contribution in [0.3, 0.4) is 0 Å². The van der Waals surface area contributed by atoms with Crippen molar-refractivity contribution >= 4 is 29.2 Å². The molecule has 21 heavy (non-hydrogen) atoms. The van der Waals surface area contributed by atoms with Crippen molar-refractivity contribution in [2.45, 2.75) is 0 Å². The number of para-hydroxylation sites is 1. The molecule has 0 aliphatic heterocycles. The number of likely N-dealkylation sites (N-methyl/N-ethyl adjacent to an activating group) is 1. The van der Waals surface area contributed by atoms with Gasteiger partial charge < -0.3 is 9.64 Å². The minimum absolute atomic E-state index is 0.192. The fraction of sp³-hybridized carbons (Fsp3) is 0.133. The number of pyridine rings is 1. The third-order valence-electron chi connectivity index (χ3n) is 2.81. The molecule has 5 nitrogen and oxygen atoms in total. The highest BCUT2D eigenvalue weighted by Gasteiger charge is 2.14. The molecular weight excluding hydrogens is 292 g/mol. The highest BCUT2D eigenvalue weighted by atomic mass is 35.5. The average Bonchev–Trinajstić information content (AvgIpc) is 2.52. The molecular formula is C15H13ClN2O3. The van der Waals surface area contributed by atoms with Gasteiger partial charge in [0.2, 0.25) is 0 Å². The van der Waals surface area contributed by atoms with Gasteiger partial charge in [0, 0.05) is 18.9 Å². The molecule has 1 aromatic carbocycles. The van der Waals surface area contributed by atoms with E-state index in [1.807, 2.05) is 18.2 Å². The van der Waals surface area contributed by atoms with Gasteiger partial charge in [-0.05, 0) is 24.3 Å². The number of rotatable bonds is 4. The predicted octanol–water partition coefficient (Wildman–Crippen LogP) is 2.55. The van der Waals surface area contributed by atoms with E-state index in [-0.39, 0.29) is 23.2 Å². The zero-order valence-corrected chi connectivity index (χ0v) is 12.1. The van der Waals surface area contributed by atoms with Crippen molar-refractivity contribution in [2.24, 2.45) is 0 Å². The Morgan fingerprint density at radius 2 is 1.95 bits per heavy atom. The Bertz CT molecular complexity index is 646. The molecule has 2 aromatic rings. The summed E-state index contributed by atoms with van der Waals surface area (Å²) in [7, 11) is 1.62. The van der Waals surface area contributed by atoms with Crippen LogP contribution in [0.1, 0.15) is 10.4 Å². The van der Waals surface area contributed by atoms with Crippen molar-refractivity contribution < 1.29 is 14.3 Å². The summed E-state index contributed by atoms with van der Waals surface area (Å²) >= 11 is 5.69. The molecule has 2 rings (SSSR count). The summed E-state index contributed by atoms with van der Waals surface area (Å²) in [6.45, 7) is -0.343. The van der Waals surface area contributed by atoms with Gasteiger partial charge in [0.25, 0.3) is 5.91 Å². The molecule has 1 aromatic heterocycles. The zero-order chi connectivity index (χ0) is 15.2. The lowest BCUT2D eigenvalue weighted by Crippen LogP contribution is -2.31. The number of carbonyl (C=O) groups excluding carboxylic acids is 2. The first-order valence-electron chi connectivity index (χ1n) is 6.18. The largest absolute Gasteiger partial charge is 0.452 e. The Hall–Kier alpha value is -2.40. The molecule has 0 aliphatic rings. The SMILES string of the molecule is CN(C(=O)COC(=O)c1ccnc(Cl)c1)c1ccccc1. The molecule has 0 bridgehead atoms. The van der Waals surface area contributed by atoms with E-state index in [1.165, 1.54) is 23.2 Å². The number of ether oxygens (including phenoxy) is 1. The predicted molar refractivity (Wildman–Crippen MR) is 79.4 cm³/mol. The van der Waals surface area contributed by atoms with Crippen LogP contribution < -0.4 is 4.90 Å². The molecule has 108 valence electrons. The van der Waals surface area contributed by atoms with Gasteiger partial charge in [0.05, 0.1) is 5.56 Å². The summed E-state index contributed by atoms with van der Waals surface area (Å²) in [5, 5.41) is 0.192. The van der Waals surface area contributed by atoms with Crippen LogP contribution in [0.2, 0.25) is 5.15 Å². The number of carbonyl (C=O) groups is 2. The lowest BCUT2D eigenvalue weighted by molar-refractivity contribution is -0.121. The highest BCUT2D eigenvalue weighted by molar-refractivity contribution is 6.29. The van der Waals surface area contributed by atoms with Gasteiger partial charge in [-0.25, -0.2) is 9.78 Å². The van der Waals surface area contributed by atoms with Gasteiger partial charge in [0.1, 0.15) is 5.15 Å². The number of nitrogens with zero attached hydrogens (tertiary/aromatic N) is 2. The van der Waals surface area contributed by atoms with Crippen LogP contribution in [0.5, 0.6) is 0 Å². The fourth-order valence-corrected chi connectivity index (χ4v) is 1.81. The van der Waals surface area contributed by atoms with Crippen molar-refractivity contribution in [3.05, 3.63) is 59.4 Å². The summed E-state index contributed by atoms with van der Waals surface area (Å²) in [4.78, 5) is 28.9. The van der Waals surface area contributed by atoms with Crippen molar-refractivity contribution in [2.75, 3.05) is 18.6 Å². The summed E-state index contributed by atoms with van der Waals surface area (Å²) in [6, 6.07) is 11.9. The van der Waals surface area contributed by atoms with E-state index in [1.54, 1.807) is 19.2 Å². The maximum atomic E-state index is 12.0. The second-order valence-corrected chi connectivity index (χ2v) is 4.62.